The molecule has 0 fully saturated rings. The number of hydrogen-bond acceptors (Lipinski definition) is 5. The standard InChI is InChI=1S/C13H21N5O/c1-5-18-11(4)13(10(3)17-18)9(2)14-7-6-12-15-8-16-19-12/h8-9,14H,5-7H2,1-4H3. The summed E-state index contributed by atoms with van der Waals surface area (Å²) < 4.78 is 7.01. The first-order chi connectivity index (χ1) is 9.13. The van der Waals surface area contributed by atoms with Crippen molar-refractivity contribution in [1.29, 1.82) is 0 Å². The van der Waals surface area contributed by atoms with E-state index >= 15 is 0 Å². The van der Waals surface area contributed by atoms with Gasteiger partial charge in [-0.3, -0.25) is 4.68 Å². The fourth-order valence-corrected chi connectivity index (χ4v) is 2.45. The van der Waals surface area contributed by atoms with E-state index in [1.54, 1.807) is 0 Å². The summed E-state index contributed by atoms with van der Waals surface area (Å²) >= 11 is 0. The van der Waals surface area contributed by atoms with Gasteiger partial charge in [-0.1, -0.05) is 5.16 Å². The average molecular weight is 263 g/mol. The Morgan fingerprint density at radius 1 is 1.42 bits per heavy atom. The van der Waals surface area contributed by atoms with Gasteiger partial charge in [0.1, 0.15) is 0 Å². The van der Waals surface area contributed by atoms with Gasteiger partial charge in [0.15, 0.2) is 6.33 Å². The first kappa shape index (κ1) is 13.7. The van der Waals surface area contributed by atoms with Gasteiger partial charge < -0.3 is 9.84 Å². The van der Waals surface area contributed by atoms with Crippen molar-refractivity contribution in [2.24, 2.45) is 0 Å². The summed E-state index contributed by atoms with van der Waals surface area (Å²) in [7, 11) is 0. The van der Waals surface area contributed by atoms with Gasteiger partial charge in [0.25, 0.3) is 0 Å². The number of nitrogens with one attached hydrogen (secondary N) is 1. The molecule has 0 bridgehead atoms. The molecule has 1 atom stereocenters. The van der Waals surface area contributed by atoms with Crippen LogP contribution < -0.4 is 5.32 Å². The van der Waals surface area contributed by atoms with Gasteiger partial charge in [-0.2, -0.15) is 10.1 Å². The third-order valence-electron chi connectivity index (χ3n) is 3.37. The van der Waals surface area contributed by atoms with Crippen LogP contribution in [0.1, 0.15) is 42.7 Å². The zero-order valence-corrected chi connectivity index (χ0v) is 12.0. The Kier molecular flexibility index (Phi) is 4.31. The molecular weight excluding hydrogens is 242 g/mol. The highest BCUT2D eigenvalue weighted by molar-refractivity contribution is 5.27. The molecule has 6 heteroatoms. The van der Waals surface area contributed by atoms with E-state index in [1.807, 2.05) is 4.68 Å². The van der Waals surface area contributed by atoms with Gasteiger partial charge in [0.05, 0.1) is 5.69 Å². The summed E-state index contributed by atoms with van der Waals surface area (Å²) in [5.74, 6) is 0.664. The minimum atomic E-state index is 0.267. The van der Waals surface area contributed by atoms with E-state index in [2.05, 4.69) is 48.3 Å². The highest BCUT2D eigenvalue weighted by Crippen LogP contribution is 2.21. The van der Waals surface area contributed by atoms with Crippen LogP contribution in [0.2, 0.25) is 0 Å². The van der Waals surface area contributed by atoms with Gasteiger partial charge in [-0.15, -0.1) is 0 Å². The average Bonchev–Trinajstić information content (AvgIpc) is 2.97. The Balaban J connectivity index is 1.96. The van der Waals surface area contributed by atoms with Crippen LogP contribution in [0.25, 0.3) is 0 Å². The van der Waals surface area contributed by atoms with Crippen molar-refractivity contribution < 1.29 is 4.52 Å². The Morgan fingerprint density at radius 2 is 2.21 bits per heavy atom. The number of rotatable bonds is 6. The lowest BCUT2D eigenvalue weighted by Gasteiger charge is -2.14. The predicted molar refractivity (Wildman–Crippen MR) is 71.8 cm³/mol. The Bertz CT molecular complexity index is 517. The molecule has 0 aliphatic rings. The second-order valence-corrected chi connectivity index (χ2v) is 4.66. The van der Waals surface area contributed by atoms with E-state index in [9.17, 15) is 0 Å². The van der Waals surface area contributed by atoms with E-state index in [0.29, 0.717) is 5.89 Å². The Hall–Kier alpha value is -1.69. The van der Waals surface area contributed by atoms with Gasteiger partial charge in [0.2, 0.25) is 5.89 Å². The molecule has 2 rings (SSSR count). The largest absolute Gasteiger partial charge is 0.340 e. The summed E-state index contributed by atoms with van der Waals surface area (Å²) in [6.07, 6.45) is 2.17. The molecule has 19 heavy (non-hydrogen) atoms. The Morgan fingerprint density at radius 3 is 2.79 bits per heavy atom. The highest BCUT2D eigenvalue weighted by atomic mass is 16.5. The molecule has 0 spiro atoms. The third kappa shape index (κ3) is 3.01. The van der Waals surface area contributed by atoms with Crippen molar-refractivity contribution in [2.75, 3.05) is 6.54 Å². The summed E-state index contributed by atoms with van der Waals surface area (Å²) in [5, 5.41) is 11.6. The summed E-state index contributed by atoms with van der Waals surface area (Å²) in [6, 6.07) is 0.267. The molecule has 0 amide bonds. The summed E-state index contributed by atoms with van der Waals surface area (Å²) in [5.41, 5.74) is 3.61. The minimum Gasteiger partial charge on any atom is -0.340 e. The maximum absolute atomic E-state index is 4.97. The van der Waals surface area contributed by atoms with Gasteiger partial charge >= 0.3 is 0 Å². The SMILES string of the molecule is CCn1nc(C)c(C(C)NCCc2ncno2)c1C. The summed E-state index contributed by atoms with van der Waals surface area (Å²) in [6.45, 7) is 10.2. The molecule has 0 saturated carbocycles. The lowest BCUT2D eigenvalue weighted by atomic mass is 10.1. The number of aromatic nitrogens is 4. The maximum atomic E-state index is 4.97. The molecule has 1 unspecified atom stereocenters. The quantitative estimate of drug-likeness (QED) is 0.860. The van der Waals surface area contributed by atoms with Gasteiger partial charge in [0, 0.05) is 36.8 Å². The van der Waals surface area contributed by atoms with Crippen LogP contribution in [0.5, 0.6) is 0 Å². The molecule has 0 aromatic carbocycles. The molecule has 2 heterocycles. The third-order valence-corrected chi connectivity index (χ3v) is 3.37. The fourth-order valence-electron chi connectivity index (χ4n) is 2.45. The lowest BCUT2D eigenvalue weighted by Crippen LogP contribution is -2.22. The second kappa shape index (κ2) is 5.97. The monoisotopic (exact) mass is 263 g/mol. The summed E-state index contributed by atoms with van der Waals surface area (Å²) in [4.78, 5) is 4.00. The first-order valence-electron chi connectivity index (χ1n) is 6.66. The number of aryl methyl sites for hydroxylation is 2. The number of hydrogen-bond donors (Lipinski definition) is 1. The molecule has 2 aromatic rings. The van der Waals surface area contributed by atoms with Crippen molar-refractivity contribution in [2.45, 2.75) is 46.7 Å². The fraction of sp³-hybridized carbons (Fsp3) is 0.615. The molecule has 104 valence electrons. The molecule has 6 nitrogen and oxygen atoms in total. The smallest absolute Gasteiger partial charge is 0.227 e. The highest BCUT2D eigenvalue weighted by Gasteiger charge is 2.16. The van der Waals surface area contributed by atoms with Crippen LogP contribution in [0.15, 0.2) is 10.9 Å². The number of nitrogens with zero attached hydrogens (tertiary/aromatic N) is 4. The van der Waals surface area contributed by atoms with E-state index < -0.39 is 0 Å². The van der Waals surface area contributed by atoms with Crippen LogP contribution in [-0.2, 0) is 13.0 Å². The van der Waals surface area contributed by atoms with Gasteiger partial charge in [-0.05, 0) is 27.7 Å². The minimum absolute atomic E-state index is 0.267. The van der Waals surface area contributed by atoms with E-state index in [-0.39, 0.29) is 6.04 Å². The molecule has 0 aliphatic carbocycles. The van der Waals surface area contributed by atoms with E-state index in [0.717, 1.165) is 25.2 Å². The lowest BCUT2D eigenvalue weighted by molar-refractivity contribution is 0.372. The van der Waals surface area contributed by atoms with Crippen LogP contribution in [0, 0.1) is 13.8 Å². The van der Waals surface area contributed by atoms with Crippen molar-refractivity contribution in [3.63, 3.8) is 0 Å². The molecule has 0 radical (unpaired) electrons. The van der Waals surface area contributed by atoms with Crippen LogP contribution in [-0.4, -0.2) is 26.5 Å². The zero-order valence-electron chi connectivity index (χ0n) is 12.0. The van der Waals surface area contributed by atoms with E-state index in [1.165, 1.54) is 17.6 Å². The zero-order chi connectivity index (χ0) is 13.8. The second-order valence-electron chi connectivity index (χ2n) is 4.66. The van der Waals surface area contributed by atoms with Crippen molar-refractivity contribution in [3.05, 3.63) is 29.2 Å². The van der Waals surface area contributed by atoms with Crippen LogP contribution >= 0.6 is 0 Å². The maximum Gasteiger partial charge on any atom is 0.227 e. The first-order valence-corrected chi connectivity index (χ1v) is 6.66. The topological polar surface area (TPSA) is 68.8 Å². The normalized spacial score (nSPS) is 12.8. The van der Waals surface area contributed by atoms with Crippen molar-refractivity contribution in [1.82, 2.24) is 25.2 Å². The predicted octanol–water partition coefficient (Wildman–Crippen LogP) is 1.80. The van der Waals surface area contributed by atoms with Crippen LogP contribution in [0.4, 0.5) is 0 Å². The van der Waals surface area contributed by atoms with E-state index in [4.69, 9.17) is 4.52 Å². The molecule has 2 aromatic heterocycles. The molecule has 1 N–H and O–H groups in total. The van der Waals surface area contributed by atoms with Crippen molar-refractivity contribution in [3.8, 4) is 0 Å². The van der Waals surface area contributed by atoms with Gasteiger partial charge in [-0.25, -0.2) is 0 Å². The molecule has 0 aliphatic heterocycles. The Labute approximate surface area is 113 Å². The molecular formula is C13H21N5O. The van der Waals surface area contributed by atoms with Crippen LogP contribution in [0.3, 0.4) is 0 Å². The van der Waals surface area contributed by atoms with Crippen molar-refractivity contribution >= 4 is 0 Å². The molecule has 0 saturated heterocycles.